The number of hydrazone groups is 1. The lowest BCUT2D eigenvalue weighted by Gasteiger charge is -2.06. The third kappa shape index (κ3) is 2.29. The Bertz CT molecular complexity index is 1260. The Morgan fingerprint density at radius 3 is 2.18 bits per heavy atom. The van der Waals surface area contributed by atoms with Gasteiger partial charge in [-0.2, -0.15) is 10.1 Å². The highest BCUT2D eigenvalue weighted by molar-refractivity contribution is 6.21. The summed E-state index contributed by atoms with van der Waals surface area (Å²) in [6.07, 6.45) is 1.57. The van der Waals surface area contributed by atoms with Crippen LogP contribution in [0, 0.1) is 0 Å². The van der Waals surface area contributed by atoms with Crippen LogP contribution in [0.15, 0.2) is 71.8 Å². The molecule has 0 aliphatic carbocycles. The number of fused-ring (bicyclic) bond motifs is 4. The average Bonchev–Trinajstić information content (AvgIpc) is 3.18. The summed E-state index contributed by atoms with van der Waals surface area (Å²) < 4.78 is 2.27. The van der Waals surface area contributed by atoms with Gasteiger partial charge in [-0.3, -0.25) is 9.59 Å². The van der Waals surface area contributed by atoms with Gasteiger partial charge in [0.25, 0.3) is 11.8 Å². The maximum Gasteiger partial charge on any atom is 0.282 e. The lowest BCUT2D eigenvalue weighted by molar-refractivity contribution is 0.0660. The van der Waals surface area contributed by atoms with Crippen molar-refractivity contribution in [3.63, 3.8) is 0 Å². The molecular formula is C23H17N3O2. The van der Waals surface area contributed by atoms with Gasteiger partial charge in [0.2, 0.25) is 0 Å². The molecular weight excluding hydrogens is 350 g/mol. The summed E-state index contributed by atoms with van der Waals surface area (Å²) in [6.45, 7) is 3.01. The molecule has 5 rings (SSSR count). The number of hydrogen-bond donors (Lipinski definition) is 0. The van der Waals surface area contributed by atoms with Gasteiger partial charge < -0.3 is 4.57 Å². The molecule has 0 fully saturated rings. The van der Waals surface area contributed by atoms with Crippen LogP contribution < -0.4 is 0 Å². The van der Waals surface area contributed by atoms with Gasteiger partial charge in [0.05, 0.1) is 17.3 Å². The zero-order valence-corrected chi connectivity index (χ0v) is 15.3. The van der Waals surface area contributed by atoms with E-state index in [0.29, 0.717) is 11.1 Å². The molecule has 3 aromatic carbocycles. The van der Waals surface area contributed by atoms with Crippen LogP contribution in [0.25, 0.3) is 21.8 Å². The van der Waals surface area contributed by atoms with Gasteiger partial charge in [0.15, 0.2) is 0 Å². The highest BCUT2D eigenvalue weighted by Gasteiger charge is 2.35. The third-order valence-corrected chi connectivity index (χ3v) is 5.21. The number of carbonyl (C=O) groups excluding carboxylic acids is 2. The second-order valence-corrected chi connectivity index (χ2v) is 6.75. The molecule has 28 heavy (non-hydrogen) atoms. The summed E-state index contributed by atoms with van der Waals surface area (Å²) in [5.41, 5.74) is 3.97. The molecule has 0 bridgehead atoms. The van der Waals surface area contributed by atoms with Crippen molar-refractivity contribution in [1.29, 1.82) is 0 Å². The van der Waals surface area contributed by atoms with E-state index in [1.165, 1.54) is 10.9 Å². The topological polar surface area (TPSA) is 54.7 Å². The Balaban J connectivity index is 1.55. The largest absolute Gasteiger partial charge is 0.341 e. The molecule has 0 radical (unpaired) electrons. The van der Waals surface area contributed by atoms with Crippen LogP contribution in [0.4, 0.5) is 0 Å². The normalized spacial score (nSPS) is 14.0. The van der Waals surface area contributed by atoms with Crippen molar-refractivity contribution in [1.82, 2.24) is 9.58 Å². The van der Waals surface area contributed by atoms with Crippen LogP contribution in [-0.4, -0.2) is 27.6 Å². The zero-order chi connectivity index (χ0) is 19.3. The summed E-state index contributed by atoms with van der Waals surface area (Å²) >= 11 is 0. The number of nitrogens with zero attached hydrogens (tertiary/aromatic N) is 3. The SMILES string of the molecule is CCn1c2ccccc2c2cc(C=NN3C(=O)c4ccccc4C3=O)ccc21. The molecule has 136 valence electrons. The van der Waals surface area contributed by atoms with E-state index >= 15 is 0 Å². The summed E-state index contributed by atoms with van der Waals surface area (Å²) in [5, 5.41) is 7.43. The second kappa shape index (κ2) is 6.16. The fraction of sp³-hybridized carbons (Fsp3) is 0.0870. The Labute approximate surface area is 161 Å². The molecule has 0 N–H and O–H groups in total. The molecule has 1 aromatic heterocycles. The van der Waals surface area contributed by atoms with Crippen LogP contribution >= 0.6 is 0 Å². The van der Waals surface area contributed by atoms with Gasteiger partial charge in [0.1, 0.15) is 0 Å². The minimum atomic E-state index is -0.388. The number of imide groups is 1. The van der Waals surface area contributed by atoms with E-state index in [1.807, 2.05) is 24.3 Å². The molecule has 5 heteroatoms. The van der Waals surface area contributed by atoms with Gasteiger partial charge in [0, 0.05) is 28.4 Å². The second-order valence-electron chi connectivity index (χ2n) is 6.75. The van der Waals surface area contributed by atoms with Crippen LogP contribution in [-0.2, 0) is 6.54 Å². The first kappa shape index (κ1) is 16.4. The number of para-hydroxylation sites is 1. The lowest BCUT2D eigenvalue weighted by atomic mass is 10.1. The van der Waals surface area contributed by atoms with E-state index in [2.05, 4.69) is 34.8 Å². The molecule has 4 aromatic rings. The van der Waals surface area contributed by atoms with E-state index in [9.17, 15) is 9.59 Å². The van der Waals surface area contributed by atoms with Gasteiger partial charge in [-0.05, 0) is 42.8 Å². The Hall–Kier alpha value is -3.73. The number of aryl methyl sites for hydroxylation is 1. The predicted molar refractivity (Wildman–Crippen MR) is 110 cm³/mol. The molecule has 5 nitrogen and oxygen atoms in total. The van der Waals surface area contributed by atoms with E-state index in [1.54, 1.807) is 30.5 Å². The fourth-order valence-electron chi connectivity index (χ4n) is 3.90. The smallest absolute Gasteiger partial charge is 0.282 e. The fourth-order valence-corrected chi connectivity index (χ4v) is 3.90. The first-order valence-corrected chi connectivity index (χ1v) is 9.22. The summed E-state index contributed by atoms with van der Waals surface area (Å²) in [6, 6.07) is 21.1. The minimum absolute atomic E-state index is 0.388. The highest BCUT2D eigenvalue weighted by atomic mass is 16.2. The van der Waals surface area contributed by atoms with Crippen molar-refractivity contribution < 1.29 is 9.59 Å². The first-order chi connectivity index (χ1) is 13.7. The van der Waals surface area contributed by atoms with Crippen LogP contribution in [0.3, 0.4) is 0 Å². The number of hydrogen-bond acceptors (Lipinski definition) is 3. The number of rotatable bonds is 3. The molecule has 1 aliphatic heterocycles. The monoisotopic (exact) mass is 367 g/mol. The average molecular weight is 367 g/mol. The lowest BCUT2D eigenvalue weighted by Crippen LogP contribution is -2.23. The van der Waals surface area contributed by atoms with Crippen LogP contribution in [0.5, 0.6) is 0 Å². The molecule has 2 heterocycles. The van der Waals surface area contributed by atoms with Crippen molar-refractivity contribution in [2.24, 2.45) is 5.10 Å². The predicted octanol–water partition coefficient (Wildman–Crippen LogP) is 4.44. The Morgan fingerprint density at radius 1 is 0.821 bits per heavy atom. The third-order valence-electron chi connectivity index (χ3n) is 5.21. The van der Waals surface area contributed by atoms with Gasteiger partial charge in [-0.1, -0.05) is 36.4 Å². The molecule has 0 saturated heterocycles. The summed E-state index contributed by atoms with van der Waals surface area (Å²) in [5.74, 6) is -0.777. The van der Waals surface area contributed by atoms with Gasteiger partial charge in [-0.25, -0.2) is 0 Å². The molecule has 0 spiro atoms. The van der Waals surface area contributed by atoms with Crippen molar-refractivity contribution in [2.45, 2.75) is 13.5 Å². The van der Waals surface area contributed by atoms with Crippen molar-refractivity contribution >= 4 is 39.8 Å². The number of amides is 2. The van der Waals surface area contributed by atoms with Crippen LogP contribution in [0.2, 0.25) is 0 Å². The first-order valence-electron chi connectivity index (χ1n) is 9.22. The molecule has 0 atom stereocenters. The van der Waals surface area contributed by atoms with Gasteiger partial charge in [-0.15, -0.1) is 0 Å². The standard InChI is InChI=1S/C23H17N3O2/c1-2-25-20-10-6-5-7-16(20)19-13-15(11-12-21(19)25)14-24-26-22(27)17-8-3-4-9-18(17)23(26)28/h3-14H,2H2,1H3. The van der Waals surface area contributed by atoms with Crippen LogP contribution in [0.1, 0.15) is 33.2 Å². The maximum atomic E-state index is 12.4. The molecule has 0 unspecified atom stereocenters. The van der Waals surface area contributed by atoms with Crippen molar-refractivity contribution in [2.75, 3.05) is 0 Å². The molecule has 0 saturated carbocycles. The Kier molecular flexibility index (Phi) is 3.62. The zero-order valence-electron chi connectivity index (χ0n) is 15.3. The summed E-state index contributed by atoms with van der Waals surface area (Å²) in [4.78, 5) is 24.9. The van der Waals surface area contributed by atoms with E-state index in [4.69, 9.17) is 0 Å². The minimum Gasteiger partial charge on any atom is -0.341 e. The quantitative estimate of drug-likeness (QED) is 0.397. The maximum absolute atomic E-state index is 12.4. The number of carbonyl (C=O) groups is 2. The molecule has 2 amide bonds. The van der Waals surface area contributed by atoms with Gasteiger partial charge >= 0.3 is 0 Å². The number of benzene rings is 3. The van der Waals surface area contributed by atoms with E-state index in [0.717, 1.165) is 28.0 Å². The molecule has 1 aliphatic rings. The highest BCUT2D eigenvalue weighted by Crippen LogP contribution is 2.29. The van der Waals surface area contributed by atoms with E-state index in [-0.39, 0.29) is 11.8 Å². The van der Waals surface area contributed by atoms with E-state index < -0.39 is 0 Å². The van der Waals surface area contributed by atoms with Crippen molar-refractivity contribution in [3.8, 4) is 0 Å². The Morgan fingerprint density at radius 2 is 1.46 bits per heavy atom. The summed E-state index contributed by atoms with van der Waals surface area (Å²) in [7, 11) is 0. The number of aromatic nitrogens is 1. The van der Waals surface area contributed by atoms with Crippen molar-refractivity contribution in [3.05, 3.63) is 83.4 Å².